The molecule has 164 valence electrons. The van der Waals surface area contributed by atoms with E-state index in [0.717, 1.165) is 6.42 Å². The van der Waals surface area contributed by atoms with Crippen LogP contribution in [0.15, 0.2) is 0 Å². The summed E-state index contributed by atoms with van der Waals surface area (Å²) in [6.07, 6.45) is 11.4. The minimum atomic E-state index is -0.0962. The van der Waals surface area contributed by atoms with E-state index in [0.29, 0.717) is 47.2 Å². The molecule has 0 amide bonds. The molecule has 0 aromatic heterocycles. The smallest absolute Gasteiger partial charge is 0.305 e. The quantitative estimate of drug-likeness (QED) is 0.367. The van der Waals surface area contributed by atoms with Gasteiger partial charge in [-0.05, 0) is 85.4 Å². The fourth-order valence-electron chi connectivity index (χ4n) is 8.61. The zero-order valence-electron chi connectivity index (χ0n) is 18.7. The molecule has 0 bridgehead atoms. The van der Waals surface area contributed by atoms with Crippen molar-refractivity contribution >= 4 is 27.7 Å². The number of ether oxygens (including phenoxy) is 1. The second kappa shape index (κ2) is 7.95. The van der Waals surface area contributed by atoms with Gasteiger partial charge in [-0.25, -0.2) is 0 Å². The maximum Gasteiger partial charge on any atom is 0.305 e. The molecule has 4 saturated carbocycles. The second-order valence-corrected chi connectivity index (χ2v) is 12.2. The van der Waals surface area contributed by atoms with E-state index in [1.807, 2.05) is 0 Å². The highest BCUT2D eigenvalue weighted by Crippen LogP contribution is 2.68. The predicted octanol–water partition coefficient (Wildman–Crippen LogP) is 6.18. The summed E-state index contributed by atoms with van der Waals surface area (Å²) in [6.45, 7) is 7.32. The zero-order chi connectivity index (χ0) is 21.0. The average Bonchev–Trinajstić information content (AvgIpc) is 3.06. The molecule has 0 heterocycles. The number of hydrogen-bond acceptors (Lipinski definition) is 3. The molecule has 4 aliphatic rings. The Hall–Kier alpha value is -0.380. The van der Waals surface area contributed by atoms with Crippen LogP contribution in [-0.2, 0) is 14.3 Å². The van der Waals surface area contributed by atoms with Crippen molar-refractivity contribution in [3.63, 3.8) is 0 Å². The molecule has 0 aromatic rings. The minimum Gasteiger partial charge on any atom is -0.469 e. The summed E-state index contributed by atoms with van der Waals surface area (Å²) in [5.74, 6) is 3.45. The first-order valence-electron chi connectivity index (χ1n) is 12.0. The molecule has 4 heteroatoms. The van der Waals surface area contributed by atoms with Crippen LogP contribution in [-0.4, -0.2) is 23.7 Å². The van der Waals surface area contributed by atoms with Crippen LogP contribution in [0.2, 0.25) is 0 Å². The summed E-state index contributed by atoms with van der Waals surface area (Å²) >= 11 is 3.90. The number of carbonyl (C=O) groups excluding carboxylic acids is 2. The second-order valence-electron chi connectivity index (χ2n) is 11.2. The van der Waals surface area contributed by atoms with Crippen molar-refractivity contribution in [3.8, 4) is 0 Å². The molecule has 0 saturated heterocycles. The van der Waals surface area contributed by atoms with Crippen LogP contribution < -0.4 is 0 Å². The number of ketones is 1. The van der Waals surface area contributed by atoms with Crippen LogP contribution in [0.4, 0.5) is 0 Å². The summed E-state index contributed by atoms with van der Waals surface area (Å²) < 4.78 is 4.86. The topological polar surface area (TPSA) is 43.4 Å². The van der Waals surface area contributed by atoms with E-state index < -0.39 is 0 Å². The molecule has 9 atom stereocenters. The van der Waals surface area contributed by atoms with Crippen LogP contribution in [0.3, 0.4) is 0 Å². The lowest BCUT2D eigenvalue weighted by Crippen LogP contribution is -2.60. The van der Waals surface area contributed by atoms with Gasteiger partial charge in [-0.1, -0.05) is 49.5 Å². The molecule has 0 unspecified atom stereocenters. The SMILES string of the molecule is COC(=O)CC[C@H](C)[C@H]1CC[C@H]2[C@H]3C(=O)[C@H](Br)[C@@H]4CCCC[C@]4(C)[C@@H]3CC[C@]12C. The number of carbonyl (C=O) groups is 2. The third kappa shape index (κ3) is 3.34. The van der Waals surface area contributed by atoms with Gasteiger partial charge in [0.05, 0.1) is 11.9 Å². The summed E-state index contributed by atoms with van der Waals surface area (Å²) in [5, 5.41) is 0. The Bertz CT molecular complexity index is 662. The average molecular weight is 467 g/mol. The Morgan fingerprint density at radius 3 is 2.52 bits per heavy atom. The first-order chi connectivity index (χ1) is 13.7. The number of halogens is 1. The molecule has 0 aliphatic heterocycles. The number of methoxy groups -OCH3 is 1. The monoisotopic (exact) mass is 466 g/mol. The maximum atomic E-state index is 13.7. The van der Waals surface area contributed by atoms with E-state index in [2.05, 4.69) is 36.7 Å². The van der Waals surface area contributed by atoms with Crippen molar-refractivity contribution in [3.05, 3.63) is 0 Å². The highest BCUT2D eigenvalue weighted by Gasteiger charge is 2.64. The van der Waals surface area contributed by atoms with E-state index in [-0.39, 0.29) is 22.1 Å². The lowest BCUT2D eigenvalue weighted by Gasteiger charge is -2.61. The van der Waals surface area contributed by atoms with Gasteiger partial charge in [0.15, 0.2) is 0 Å². The lowest BCUT2D eigenvalue weighted by atomic mass is 9.44. The highest BCUT2D eigenvalue weighted by atomic mass is 79.9. The number of rotatable bonds is 4. The van der Waals surface area contributed by atoms with Crippen molar-refractivity contribution in [1.29, 1.82) is 0 Å². The van der Waals surface area contributed by atoms with E-state index >= 15 is 0 Å². The Balaban J connectivity index is 1.57. The summed E-state index contributed by atoms with van der Waals surface area (Å²) in [7, 11) is 1.48. The van der Waals surface area contributed by atoms with Crippen LogP contribution in [0.5, 0.6) is 0 Å². The van der Waals surface area contributed by atoms with Crippen LogP contribution in [0, 0.1) is 46.3 Å². The van der Waals surface area contributed by atoms with Crippen molar-refractivity contribution in [2.75, 3.05) is 7.11 Å². The third-order valence-corrected chi connectivity index (χ3v) is 11.3. The molecule has 4 fully saturated rings. The molecule has 3 nitrogen and oxygen atoms in total. The number of hydrogen-bond donors (Lipinski definition) is 0. The summed E-state index contributed by atoms with van der Waals surface area (Å²) in [6, 6.07) is 0. The first kappa shape index (κ1) is 21.8. The van der Waals surface area contributed by atoms with Gasteiger partial charge < -0.3 is 4.74 Å². The van der Waals surface area contributed by atoms with Crippen LogP contribution >= 0.6 is 15.9 Å². The molecule has 0 N–H and O–H groups in total. The van der Waals surface area contributed by atoms with Crippen molar-refractivity contribution in [2.45, 2.75) is 89.8 Å². The van der Waals surface area contributed by atoms with E-state index in [1.165, 1.54) is 58.5 Å². The molecule has 0 radical (unpaired) electrons. The third-order valence-electron chi connectivity index (χ3n) is 10.2. The van der Waals surface area contributed by atoms with Crippen LogP contribution in [0.1, 0.15) is 85.0 Å². The van der Waals surface area contributed by atoms with Gasteiger partial charge in [-0.3, -0.25) is 9.59 Å². The van der Waals surface area contributed by atoms with Gasteiger partial charge in [-0.15, -0.1) is 0 Å². The largest absolute Gasteiger partial charge is 0.469 e. The van der Waals surface area contributed by atoms with Crippen molar-refractivity contribution in [1.82, 2.24) is 0 Å². The maximum absolute atomic E-state index is 13.7. The van der Waals surface area contributed by atoms with Crippen molar-refractivity contribution in [2.24, 2.45) is 46.3 Å². The van der Waals surface area contributed by atoms with Crippen molar-refractivity contribution < 1.29 is 14.3 Å². The number of fused-ring (bicyclic) bond motifs is 5. The Morgan fingerprint density at radius 2 is 1.79 bits per heavy atom. The summed E-state index contributed by atoms with van der Waals surface area (Å²) in [4.78, 5) is 25.4. The van der Waals surface area contributed by atoms with Gasteiger partial charge >= 0.3 is 5.97 Å². The highest BCUT2D eigenvalue weighted by molar-refractivity contribution is 9.10. The molecular weight excluding hydrogens is 428 g/mol. The number of alkyl halides is 1. The van der Waals surface area contributed by atoms with E-state index in [9.17, 15) is 9.59 Å². The predicted molar refractivity (Wildman–Crippen MR) is 119 cm³/mol. The molecule has 0 aromatic carbocycles. The van der Waals surface area contributed by atoms with Gasteiger partial charge in [-0.2, -0.15) is 0 Å². The molecule has 4 aliphatic carbocycles. The first-order valence-corrected chi connectivity index (χ1v) is 12.9. The Kier molecular flexibility index (Phi) is 5.99. The fourth-order valence-corrected chi connectivity index (χ4v) is 9.78. The molecular formula is C25H39BrO3. The molecule has 29 heavy (non-hydrogen) atoms. The van der Waals surface area contributed by atoms with E-state index in [1.54, 1.807) is 0 Å². The summed E-state index contributed by atoms with van der Waals surface area (Å²) in [5.41, 5.74) is 0.581. The number of esters is 1. The Labute approximate surface area is 185 Å². The number of Topliss-reactive ketones (excluding diaryl/α,β-unsaturated/α-hetero) is 1. The fraction of sp³-hybridized carbons (Fsp3) is 0.920. The van der Waals surface area contributed by atoms with Gasteiger partial charge in [0.2, 0.25) is 0 Å². The van der Waals surface area contributed by atoms with Gasteiger partial charge in [0.25, 0.3) is 0 Å². The lowest BCUT2D eigenvalue weighted by molar-refractivity contribution is -0.154. The molecule has 0 spiro atoms. The zero-order valence-corrected chi connectivity index (χ0v) is 20.3. The van der Waals surface area contributed by atoms with Crippen LogP contribution in [0.25, 0.3) is 0 Å². The normalized spacial score (nSPS) is 47.7. The standard InChI is InChI=1S/C25H39BrO3/c1-15(8-11-20(27)29-4)16-9-10-17-21-18(12-14-25(16,17)3)24(2)13-6-5-7-19(24)22(26)23(21)28/h15-19,21-22H,5-14H2,1-4H3/t15-,16+,17-,18+,19-,21+,22+,24+,25+/m0/s1. The van der Waals surface area contributed by atoms with E-state index in [4.69, 9.17) is 4.74 Å². The minimum absolute atomic E-state index is 0.0622. The van der Waals surface area contributed by atoms with Gasteiger partial charge in [0.1, 0.15) is 5.78 Å². The van der Waals surface area contributed by atoms with Gasteiger partial charge in [0, 0.05) is 12.3 Å². The molecule has 4 rings (SSSR count). The Morgan fingerprint density at radius 1 is 1.07 bits per heavy atom.